The molecule has 3 unspecified atom stereocenters. The first kappa shape index (κ1) is 17.4. The van der Waals surface area contributed by atoms with Crippen molar-refractivity contribution in [3.8, 4) is 0 Å². The van der Waals surface area contributed by atoms with Gasteiger partial charge in [-0.2, -0.15) is 0 Å². The topological polar surface area (TPSA) is 77.0 Å². The van der Waals surface area contributed by atoms with Crippen LogP contribution in [0.2, 0.25) is 0 Å². The second-order valence-electron chi connectivity index (χ2n) is 5.58. The van der Waals surface area contributed by atoms with Crippen LogP contribution in [0.1, 0.15) is 34.1 Å². The molecule has 0 bridgehead atoms. The summed E-state index contributed by atoms with van der Waals surface area (Å²) in [5.41, 5.74) is 0. The van der Waals surface area contributed by atoms with Crippen LogP contribution in [0.4, 0.5) is 0 Å². The van der Waals surface area contributed by atoms with E-state index in [9.17, 15) is 9.90 Å². The van der Waals surface area contributed by atoms with Crippen LogP contribution in [0.3, 0.4) is 0 Å². The predicted molar refractivity (Wildman–Crippen MR) is 74.2 cm³/mol. The van der Waals surface area contributed by atoms with Crippen LogP contribution in [0, 0.1) is 5.92 Å². The van der Waals surface area contributed by atoms with E-state index in [2.05, 4.69) is 5.32 Å². The standard InChI is InChI=1S/C14H27NO5/c1-9(2)15-14(17)11-7-13(20-12(11)8-16)19-6-5-18-10(3)4/h9-13,16H,5-8H2,1-4H3,(H,15,17). The number of ether oxygens (including phenoxy) is 3. The molecule has 3 atom stereocenters. The molecule has 1 rings (SSSR count). The number of aliphatic hydroxyl groups excluding tert-OH is 1. The molecule has 1 aliphatic heterocycles. The normalized spacial score (nSPS) is 26.4. The molecule has 20 heavy (non-hydrogen) atoms. The molecular formula is C14H27NO5. The van der Waals surface area contributed by atoms with Gasteiger partial charge in [-0.15, -0.1) is 0 Å². The maximum atomic E-state index is 12.0. The first-order valence-corrected chi connectivity index (χ1v) is 7.24. The van der Waals surface area contributed by atoms with Gasteiger partial charge in [0, 0.05) is 12.5 Å². The summed E-state index contributed by atoms with van der Waals surface area (Å²) in [6.45, 7) is 8.44. The van der Waals surface area contributed by atoms with Gasteiger partial charge in [0.15, 0.2) is 6.29 Å². The molecule has 0 aromatic carbocycles. The lowest BCUT2D eigenvalue weighted by Crippen LogP contribution is -2.39. The molecule has 1 amide bonds. The van der Waals surface area contributed by atoms with Crippen molar-refractivity contribution in [3.63, 3.8) is 0 Å². The second kappa shape index (κ2) is 8.56. The number of aliphatic hydroxyl groups is 1. The summed E-state index contributed by atoms with van der Waals surface area (Å²) >= 11 is 0. The summed E-state index contributed by atoms with van der Waals surface area (Å²) in [6.07, 6.45) is -0.320. The monoisotopic (exact) mass is 289 g/mol. The van der Waals surface area contributed by atoms with Crippen molar-refractivity contribution in [3.05, 3.63) is 0 Å². The van der Waals surface area contributed by atoms with Crippen LogP contribution in [-0.2, 0) is 19.0 Å². The lowest BCUT2D eigenvalue weighted by atomic mass is 10.0. The van der Waals surface area contributed by atoms with E-state index in [1.807, 2.05) is 27.7 Å². The molecule has 1 saturated heterocycles. The highest BCUT2D eigenvalue weighted by atomic mass is 16.7. The molecule has 6 nitrogen and oxygen atoms in total. The molecule has 1 aliphatic rings. The molecule has 1 fully saturated rings. The van der Waals surface area contributed by atoms with Crippen LogP contribution in [0.25, 0.3) is 0 Å². The lowest BCUT2D eigenvalue weighted by Gasteiger charge is -2.17. The summed E-state index contributed by atoms with van der Waals surface area (Å²) in [5, 5.41) is 12.1. The van der Waals surface area contributed by atoms with Crippen molar-refractivity contribution in [2.45, 2.75) is 58.7 Å². The maximum absolute atomic E-state index is 12.0. The van der Waals surface area contributed by atoms with E-state index in [0.29, 0.717) is 19.6 Å². The number of amides is 1. The Kier molecular flexibility index (Phi) is 7.43. The van der Waals surface area contributed by atoms with Gasteiger partial charge in [-0.05, 0) is 27.7 Å². The van der Waals surface area contributed by atoms with Crippen molar-refractivity contribution in [1.29, 1.82) is 0 Å². The Morgan fingerprint density at radius 2 is 2.05 bits per heavy atom. The van der Waals surface area contributed by atoms with E-state index in [1.165, 1.54) is 0 Å². The van der Waals surface area contributed by atoms with E-state index in [4.69, 9.17) is 14.2 Å². The van der Waals surface area contributed by atoms with Gasteiger partial charge >= 0.3 is 0 Å². The van der Waals surface area contributed by atoms with Crippen LogP contribution < -0.4 is 5.32 Å². The molecule has 0 spiro atoms. The lowest BCUT2D eigenvalue weighted by molar-refractivity contribution is -0.152. The van der Waals surface area contributed by atoms with Crippen LogP contribution >= 0.6 is 0 Å². The number of nitrogens with one attached hydrogen (secondary N) is 1. The van der Waals surface area contributed by atoms with Crippen LogP contribution in [-0.4, -0.2) is 55.4 Å². The van der Waals surface area contributed by atoms with Crippen molar-refractivity contribution in [2.75, 3.05) is 19.8 Å². The third kappa shape index (κ3) is 5.75. The zero-order chi connectivity index (χ0) is 15.1. The number of rotatable bonds is 8. The van der Waals surface area contributed by atoms with E-state index < -0.39 is 12.4 Å². The molecule has 0 radical (unpaired) electrons. The number of hydrogen-bond acceptors (Lipinski definition) is 5. The summed E-state index contributed by atoms with van der Waals surface area (Å²) < 4.78 is 16.4. The molecule has 2 N–H and O–H groups in total. The Morgan fingerprint density at radius 3 is 2.60 bits per heavy atom. The zero-order valence-electron chi connectivity index (χ0n) is 12.8. The molecule has 0 aromatic heterocycles. The van der Waals surface area contributed by atoms with Gasteiger partial charge in [0.1, 0.15) is 0 Å². The van der Waals surface area contributed by atoms with E-state index in [0.717, 1.165) is 0 Å². The van der Waals surface area contributed by atoms with Gasteiger partial charge in [-0.3, -0.25) is 4.79 Å². The number of hydrogen-bond donors (Lipinski definition) is 2. The highest BCUT2D eigenvalue weighted by Gasteiger charge is 2.40. The average Bonchev–Trinajstić information content (AvgIpc) is 2.77. The largest absolute Gasteiger partial charge is 0.394 e. The average molecular weight is 289 g/mol. The van der Waals surface area contributed by atoms with E-state index >= 15 is 0 Å². The molecule has 118 valence electrons. The SMILES string of the molecule is CC(C)NC(=O)C1CC(OCCOC(C)C)OC1CO. The molecular weight excluding hydrogens is 262 g/mol. The first-order chi connectivity index (χ1) is 9.43. The quantitative estimate of drug-likeness (QED) is 0.642. The minimum Gasteiger partial charge on any atom is -0.394 e. The Labute approximate surface area is 120 Å². The minimum atomic E-state index is -0.496. The van der Waals surface area contributed by atoms with E-state index in [1.54, 1.807) is 0 Å². The van der Waals surface area contributed by atoms with Gasteiger partial charge in [0.05, 0.1) is 37.9 Å². The highest BCUT2D eigenvalue weighted by molar-refractivity contribution is 5.79. The van der Waals surface area contributed by atoms with Crippen LogP contribution in [0.15, 0.2) is 0 Å². The summed E-state index contributed by atoms with van der Waals surface area (Å²) in [5.74, 6) is -0.456. The van der Waals surface area contributed by atoms with Crippen molar-refractivity contribution in [1.82, 2.24) is 5.32 Å². The van der Waals surface area contributed by atoms with Gasteiger partial charge in [0.2, 0.25) is 5.91 Å². The van der Waals surface area contributed by atoms with Gasteiger partial charge in [-0.25, -0.2) is 0 Å². The predicted octanol–water partition coefficient (Wildman–Crippen LogP) is 0.676. The zero-order valence-corrected chi connectivity index (χ0v) is 12.8. The number of carbonyl (C=O) groups excluding carboxylic acids is 1. The Hall–Kier alpha value is -0.690. The molecule has 1 heterocycles. The van der Waals surface area contributed by atoms with Crippen molar-refractivity contribution < 1.29 is 24.1 Å². The van der Waals surface area contributed by atoms with Crippen molar-refractivity contribution in [2.24, 2.45) is 5.92 Å². The summed E-state index contributed by atoms with van der Waals surface area (Å²) in [7, 11) is 0. The van der Waals surface area contributed by atoms with Gasteiger partial charge in [0.25, 0.3) is 0 Å². The molecule has 0 saturated carbocycles. The van der Waals surface area contributed by atoms with Gasteiger partial charge < -0.3 is 24.6 Å². The summed E-state index contributed by atoms with van der Waals surface area (Å²) in [6, 6.07) is 0.0706. The van der Waals surface area contributed by atoms with Crippen molar-refractivity contribution >= 4 is 5.91 Å². The Morgan fingerprint density at radius 1 is 1.35 bits per heavy atom. The fraction of sp³-hybridized carbons (Fsp3) is 0.929. The second-order valence-corrected chi connectivity index (χ2v) is 5.58. The smallest absolute Gasteiger partial charge is 0.226 e. The fourth-order valence-corrected chi connectivity index (χ4v) is 2.11. The first-order valence-electron chi connectivity index (χ1n) is 7.24. The summed E-state index contributed by atoms with van der Waals surface area (Å²) in [4.78, 5) is 12.0. The Bertz CT molecular complexity index is 295. The molecule has 6 heteroatoms. The minimum absolute atomic E-state index is 0.0706. The Balaban J connectivity index is 2.37. The third-order valence-corrected chi connectivity index (χ3v) is 3.01. The number of carbonyl (C=O) groups is 1. The molecule has 0 aromatic rings. The highest BCUT2D eigenvalue weighted by Crippen LogP contribution is 2.27. The molecule has 0 aliphatic carbocycles. The maximum Gasteiger partial charge on any atom is 0.226 e. The van der Waals surface area contributed by atoms with E-state index in [-0.39, 0.29) is 30.6 Å². The van der Waals surface area contributed by atoms with Crippen LogP contribution in [0.5, 0.6) is 0 Å². The van der Waals surface area contributed by atoms with Gasteiger partial charge in [-0.1, -0.05) is 0 Å². The fourth-order valence-electron chi connectivity index (χ4n) is 2.11. The third-order valence-electron chi connectivity index (χ3n) is 3.01.